The van der Waals surface area contributed by atoms with Gasteiger partial charge in [0, 0.05) is 16.7 Å². The maximum atomic E-state index is 13.2. The Hall–Kier alpha value is -3.86. The van der Waals surface area contributed by atoms with E-state index < -0.39 is 0 Å². The van der Waals surface area contributed by atoms with Crippen LogP contribution in [-0.2, 0) is 0 Å². The third-order valence-corrected chi connectivity index (χ3v) is 4.57. The Morgan fingerprint density at radius 1 is 0.759 bits per heavy atom. The van der Waals surface area contributed by atoms with Crippen molar-refractivity contribution in [1.29, 1.82) is 0 Å². The van der Waals surface area contributed by atoms with Crippen LogP contribution in [0.3, 0.4) is 0 Å². The number of methoxy groups -OCH3 is 2. The summed E-state index contributed by atoms with van der Waals surface area (Å²) in [4.78, 5) is 17.8. The highest BCUT2D eigenvalue weighted by atomic mass is 16.5. The number of aromatic nitrogens is 1. The predicted molar refractivity (Wildman–Crippen MR) is 110 cm³/mol. The summed E-state index contributed by atoms with van der Waals surface area (Å²) in [6, 6.07) is 23.8. The predicted octanol–water partition coefficient (Wildman–Crippen LogP) is 5.26. The zero-order chi connectivity index (χ0) is 20.2. The van der Waals surface area contributed by atoms with Gasteiger partial charge >= 0.3 is 0 Å². The molecule has 4 rings (SSSR count). The lowest BCUT2D eigenvalue weighted by Gasteiger charge is -2.04. The van der Waals surface area contributed by atoms with Crippen LogP contribution in [0, 0.1) is 0 Å². The molecular weight excluding hydrogens is 366 g/mol. The van der Waals surface area contributed by atoms with Gasteiger partial charge in [0.2, 0.25) is 11.7 Å². The van der Waals surface area contributed by atoms with Crippen molar-refractivity contribution in [3.05, 3.63) is 90.1 Å². The van der Waals surface area contributed by atoms with Crippen LogP contribution in [0.4, 0.5) is 0 Å². The zero-order valence-electron chi connectivity index (χ0n) is 16.1. The molecule has 29 heavy (non-hydrogen) atoms. The normalized spacial score (nSPS) is 10.6. The Morgan fingerprint density at radius 3 is 1.93 bits per heavy atom. The Bertz CT molecular complexity index is 1110. The molecular formula is C24H19NO4. The van der Waals surface area contributed by atoms with Crippen LogP contribution in [0.15, 0.2) is 83.3 Å². The lowest BCUT2D eigenvalue weighted by molar-refractivity contribution is 0.103. The minimum atomic E-state index is -0.218. The quantitative estimate of drug-likeness (QED) is 0.424. The molecule has 0 spiro atoms. The number of ether oxygens (including phenoxy) is 2. The number of rotatable bonds is 6. The standard InChI is InChI=1S/C24H19NO4/c1-27-19-12-8-16(9-13-19)22(26)21-23(17-10-14-20(28-2)15-11-17)29-24(25-21)18-6-4-3-5-7-18/h3-15H,1-2H3. The molecule has 5 heteroatoms. The first-order valence-electron chi connectivity index (χ1n) is 9.09. The minimum absolute atomic E-state index is 0.218. The van der Waals surface area contributed by atoms with Gasteiger partial charge in [-0.2, -0.15) is 0 Å². The first-order chi connectivity index (χ1) is 14.2. The first kappa shape index (κ1) is 18.5. The molecule has 4 aromatic rings. The van der Waals surface area contributed by atoms with E-state index in [0.29, 0.717) is 23.0 Å². The Morgan fingerprint density at radius 2 is 1.34 bits per heavy atom. The van der Waals surface area contributed by atoms with Crippen LogP contribution >= 0.6 is 0 Å². The highest BCUT2D eigenvalue weighted by Gasteiger charge is 2.23. The van der Waals surface area contributed by atoms with Crippen LogP contribution < -0.4 is 9.47 Å². The molecule has 5 nitrogen and oxygen atoms in total. The smallest absolute Gasteiger partial charge is 0.227 e. The second kappa shape index (κ2) is 8.02. The Kier molecular flexibility index (Phi) is 5.12. The van der Waals surface area contributed by atoms with E-state index in [9.17, 15) is 4.79 Å². The van der Waals surface area contributed by atoms with Crippen molar-refractivity contribution in [3.63, 3.8) is 0 Å². The van der Waals surface area contributed by atoms with Gasteiger partial charge in [0.05, 0.1) is 14.2 Å². The van der Waals surface area contributed by atoms with Gasteiger partial charge in [0.15, 0.2) is 11.5 Å². The molecule has 1 aromatic heterocycles. The Balaban J connectivity index is 1.81. The van der Waals surface area contributed by atoms with E-state index in [4.69, 9.17) is 13.9 Å². The topological polar surface area (TPSA) is 61.6 Å². The molecule has 0 N–H and O–H groups in total. The highest BCUT2D eigenvalue weighted by molar-refractivity contribution is 6.11. The van der Waals surface area contributed by atoms with Gasteiger partial charge in [-0.3, -0.25) is 4.79 Å². The second-order valence-corrected chi connectivity index (χ2v) is 6.35. The summed E-state index contributed by atoms with van der Waals surface area (Å²) >= 11 is 0. The van der Waals surface area contributed by atoms with Gasteiger partial charge in [-0.15, -0.1) is 0 Å². The summed E-state index contributed by atoms with van der Waals surface area (Å²) in [6.45, 7) is 0. The van der Waals surface area contributed by atoms with Crippen molar-refractivity contribution >= 4 is 5.78 Å². The van der Waals surface area contributed by atoms with Crippen molar-refractivity contribution in [2.45, 2.75) is 0 Å². The van der Waals surface area contributed by atoms with Crippen molar-refractivity contribution in [1.82, 2.24) is 4.98 Å². The molecule has 0 atom stereocenters. The van der Waals surface area contributed by atoms with E-state index in [1.807, 2.05) is 54.6 Å². The largest absolute Gasteiger partial charge is 0.497 e. The van der Waals surface area contributed by atoms with Crippen molar-refractivity contribution in [3.8, 4) is 34.3 Å². The third kappa shape index (κ3) is 3.75. The number of ketones is 1. The lowest BCUT2D eigenvalue weighted by atomic mass is 10.0. The monoisotopic (exact) mass is 385 g/mol. The SMILES string of the molecule is COc1ccc(C(=O)c2nc(-c3ccccc3)oc2-c2ccc(OC)cc2)cc1. The number of carbonyl (C=O) groups is 1. The molecule has 0 saturated carbocycles. The molecule has 0 saturated heterocycles. The van der Waals surface area contributed by atoms with Crippen molar-refractivity contribution in [2.75, 3.05) is 14.2 Å². The van der Waals surface area contributed by atoms with Gasteiger partial charge in [0.25, 0.3) is 0 Å². The van der Waals surface area contributed by atoms with Crippen molar-refractivity contribution in [2.24, 2.45) is 0 Å². The average molecular weight is 385 g/mol. The molecule has 0 aliphatic heterocycles. The fraction of sp³-hybridized carbons (Fsp3) is 0.0833. The van der Waals surface area contributed by atoms with E-state index in [0.717, 1.165) is 16.9 Å². The lowest BCUT2D eigenvalue weighted by Crippen LogP contribution is -2.03. The second-order valence-electron chi connectivity index (χ2n) is 6.35. The number of carbonyl (C=O) groups excluding carboxylic acids is 1. The van der Waals surface area contributed by atoms with Gasteiger partial charge in [-0.1, -0.05) is 18.2 Å². The fourth-order valence-corrected chi connectivity index (χ4v) is 3.00. The van der Waals surface area contributed by atoms with E-state index in [1.165, 1.54) is 0 Å². The van der Waals surface area contributed by atoms with E-state index in [-0.39, 0.29) is 11.5 Å². The summed E-state index contributed by atoms with van der Waals surface area (Å²) in [6.07, 6.45) is 0. The van der Waals surface area contributed by atoms with Crippen LogP contribution in [0.2, 0.25) is 0 Å². The molecule has 0 amide bonds. The summed E-state index contributed by atoms with van der Waals surface area (Å²) in [7, 11) is 3.19. The van der Waals surface area contributed by atoms with Crippen LogP contribution in [0.5, 0.6) is 11.5 Å². The van der Waals surface area contributed by atoms with Crippen LogP contribution in [0.1, 0.15) is 16.1 Å². The summed E-state index contributed by atoms with van der Waals surface area (Å²) in [5.74, 6) is 2.01. The molecule has 0 unspecified atom stereocenters. The van der Waals surface area contributed by atoms with E-state index in [2.05, 4.69) is 4.98 Å². The molecule has 0 fully saturated rings. The first-order valence-corrected chi connectivity index (χ1v) is 9.09. The van der Waals surface area contributed by atoms with Gasteiger partial charge < -0.3 is 13.9 Å². The maximum absolute atomic E-state index is 13.2. The summed E-state index contributed by atoms with van der Waals surface area (Å²) in [5.41, 5.74) is 2.32. The highest BCUT2D eigenvalue weighted by Crippen LogP contribution is 2.32. The minimum Gasteiger partial charge on any atom is -0.497 e. The molecule has 0 aliphatic rings. The van der Waals surface area contributed by atoms with Crippen molar-refractivity contribution < 1.29 is 18.7 Å². The van der Waals surface area contributed by atoms with Crippen LogP contribution in [-0.4, -0.2) is 25.0 Å². The average Bonchev–Trinajstić information content (AvgIpc) is 3.25. The summed E-state index contributed by atoms with van der Waals surface area (Å²) < 4.78 is 16.4. The van der Waals surface area contributed by atoms with E-state index in [1.54, 1.807) is 38.5 Å². The van der Waals surface area contributed by atoms with Gasteiger partial charge in [-0.25, -0.2) is 4.98 Å². The van der Waals surface area contributed by atoms with Gasteiger partial charge in [0.1, 0.15) is 11.5 Å². The molecule has 0 radical (unpaired) electrons. The number of hydrogen-bond donors (Lipinski definition) is 0. The molecule has 0 aliphatic carbocycles. The molecule has 0 bridgehead atoms. The third-order valence-electron chi connectivity index (χ3n) is 4.57. The fourth-order valence-electron chi connectivity index (χ4n) is 3.00. The molecule has 144 valence electrons. The number of hydrogen-bond acceptors (Lipinski definition) is 5. The Labute approximate surface area is 168 Å². The van der Waals surface area contributed by atoms with Crippen LogP contribution in [0.25, 0.3) is 22.8 Å². The molecule has 3 aromatic carbocycles. The number of benzene rings is 3. The zero-order valence-corrected chi connectivity index (χ0v) is 16.1. The summed E-state index contributed by atoms with van der Waals surface area (Å²) in [5, 5.41) is 0. The number of nitrogens with zero attached hydrogens (tertiary/aromatic N) is 1. The maximum Gasteiger partial charge on any atom is 0.227 e. The number of oxazole rings is 1. The molecule has 1 heterocycles. The van der Waals surface area contributed by atoms with Gasteiger partial charge in [-0.05, 0) is 60.7 Å². The van der Waals surface area contributed by atoms with E-state index >= 15 is 0 Å².